The molecule has 1 N–H and O–H groups in total. The summed E-state index contributed by atoms with van der Waals surface area (Å²) in [6.07, 6.45) is 0.759. The number of hydrogen-bond donors (Lipinski definition) is 1. The molecule has 0 aliphatic carbocycles. The van der Waals surface area contributed by atoms with Crippen molar-refractivity contribution in [2.75, 3.05) is 11.9 Å². The second-order valence-corrected chi connectivity index (χ2v) is 4.65. The molecule has 0 radical (unpaired) electrons. The molecule has 1 aromatic heterocycles. The van der Waals surface area contributed by atoms with Gasteiger partial charge in [-0.1, -0.05) is 6.07 Å². The van der Waals surface area contributed by atoms with Gasteiger partial charge in [0.1, 0.15) is 5.69 Å². The van der Waals surface area contributed by atoms with Crippen molar-refractivity contribution in [2.24, 2.45) is 0 Å². The first-order valence-electron chi connectivity index (χ1n) is 5.53. The van der Waals surface area contributed by atoms with Crippen molar-refractivity contribution in [1.82, 2.24) is 4.98 Å². The van der Waals surface area contributed by atoms with Gasteiger partial charge in [-0.25, -0.2) is 4.98 Å². The third-order valence-electron chi connectivity index (χ3n) is 2.53. The standard InChI is InChI=1S/C12H13N3O2S/c1-9-2-3-12(15(16)17)11(6-9)13-5-4-10-7-18-8-14-10/h2-3,6-8,13H,4-5H2,1H3. The van der Waals surface area contributed by atoms with E-state index in [-0.39, 0.29) is 10.6 Å². The minimum atomic E-state index is -0.370. The summed E-state index contributed by atoms with van der Waals surface area (Å²) in [5, 5.41) is 16.0. The van der Waals surface area contributed by atoms with E-state index in [0.29, 0.717) is 12.2 Å². The molecule has 0 atom stereocenters. The zero-order valence-electron chi connectivity index (χ0n) is 9.92. The van der Waals surface area contributed by atoms with E-state index in [4.69, 9.17) is 0 Å². The lowest BCUT2D eigenvalue weighted by molar-refractivity contribution is -0.384. The van der Waals surface area contributed by atoms with Crippen LogP contribution in [0.3, 0.4) is 0 Å². The normalized spacial score (nSPS) is 10.3. The van der Waals surface area contributed by atoms with Gasteiger partial charge in [-0.3, -0.25) is 10.1 Å². The Morgan fingerprint density at radius 1 is 1.50 bits per heavy atom. The van der Waals surface area contributed by atoms with Gasteiger partial charge in [-0.15, -0.1) is 11.3 Å². The van der Waals surface area contributed by atoms with E-state index in [2.05, 4.69) is 10.3 Å². The number of rotatable bonds is 5. The molecule has 0 saturated heterocycles. The lowest BCUT2D eigenvalue weighted by atomic mass is 10.2. The van der Waals surface area contributed by atoms with E-state index in [9.17, 15) is 10.1 Å². The molecule has 0 fully saturated rings. The summed E-state index contributed by atoms with van der Waals surface area (Å²) in [5.41, 5.74) is 4.46. The lowest BCUT2D eigenvalue weighted by Crippen LogP contribution is -2.07. The molecule has 0 bridgehead atoms. The van der Waals surface area contributed by atoms with Crippen LogP contribution in [-0.2, 0) is 6.42 Å². The molecule has 2 aromatic rings. The fraction of sp³-hybridized carbons (Fsp3) is 0.250. The van der Waals surface area contributed by atoms with Crippen LogP contribution >= 0.6 is 11.3 Å². The molecule has 2 rings (SSSR count). The maximum absolute atomic E-state index is 10.9. The number of hydrogen-bond acceptors (Lipinski definition) is 5. The summed E-state index contributed by atoms with van der Waals surface area (Å²) in [6.45, 7) is 2.55. The Bertz CT molecular complexity index is 540. The zero-order chi connectivity index (χ0) is 13.0. The monoisotopic (exact) mass is 263 g/mol. The summed E-state index contributed by atoms with van der Waals surface area (Å²) < 4.78 is 0. The van der Waals surface area contributed by atoms with E-state index >= 15 is 0 Å². The van der Waals surface area contributed by atoms with E-state index in [1.165, 1.54) is 6.07 Å². The quantitative estimate of drug-likeness (QED) is 0.665. The third kappa shape index (κ3) is 3.04. The van der Waals surface area contributed by atoms with Gasteiger partial charge < -0.3 is 5.32 Å². The molecule has 0 unspecified atom stereocenters. The Morgan fingerprint density at radius 2 is 2.33 bits per heavy atom. The molecule has 0 amide bonds. The number of nitrogens with one attached hydrogen (secondary N) is 1. The number of aryl methyl sites for hydroxylation is 1. The molecule has 94 valence electrons. The molecule has 0 aliphatic heterocycles. The van der Waals surface area contributed by atoms with Gasteiger partial charge >= 0.3 is 0 Å². The summed E-state index contributed by atoms with van der Waals surface area (Å²) in [5.74, 6) is 0. The van der Waals surface area contributed by atoms with Crippen LogP contribution in [-0.4, -0.2) is 16.5 Å². The van der Waals surface area contributed by atoms with Crippen molar-refractivity contribution in [3.05, 3.63) is 50.5 Å². The largest absolute Gasteiger partial charge is 0.379 e. The van der Waals surface area contributed by atoms with Crippen molar-refractivity contribution in [2.45, 2.75) is 13.3 Å². The minimum Gasteiger partial charge on any atom is -0.379 e. The Hall–Kier alpha value is -1.95. The second kappa shape index (κ2) is 5.59. The zero-order valence-corrected chi connectivity index (χ0v) is 10.7. The number of nitrogens with zero attached hydrogens (tertiary/aromatic N) is 2. The molecule has 5 nitrogen and oxygen atoms in total. The molecule has 6 heteroatoms. The number of thiazole rings is 1. The smallest absolute Gasteiger partial charge is 0.292 e. The molecule has 0 saturated carbocycles. The Labute approximate surface area is 109 Å². The van der Waals surface area contributed by atoms with Crippen LogP contribution < -0.4 is 5.32 Å². The van der Waals surface area contributed by atoms with Gasteiger partial charge in [0, 0.05) is 24.4 Å². The summed E-state index contributed by atoms with van der Waals surface area (Å²) in [7, 11) is 0. The first kappa shape index (κ1) is 12.5. The average molecular weight is 263 g/mol. The Morgan fingerprint density at radius 3 is 3.00 bits per heavy atom. The Kier molecular flexibility index (Phi) is 3.88. The fourth-order valence-electron chi connectivity index (χ4n) is 1.64. The van der Waals surface area contributed by atoms with Gasteiger partial charge in [0.05, 0.1) is 16.1 Å². The van der Waals surface area contributed by atoms with Crippen LogP contribution in [0.15, 0.2) is 29.1 Å². The highest BCUT2D eigenvalue weighted by Crippen LogP contribution is 2.25. The molecule has 18 heavy (non-hydrogen) atoms. The summed E-state index contributed by atoms with van der Waals surface area (Å²) >= 11 is 1.55. The van der Waals surface area contributed by atoms with Gasteiger partial charge in [-0.2, -0.15) is 0 Å². The summed E-state index contributed by atoms with van der Waals surface area (Å²) in [4.78, 5) is 14.7. The molecule has 1 heterocycles. The van der Waals surface area contributed by atoms with Crippen molar-refractivity contribution in [1.29, 1.82) is 0 Å². The van der Waals surface area contributed by atoms with Gasteiger partial charge in [-0.05, 0) is 18.6 Å². The van der Waals surface area contributed by atoms with E-state index in [1.54, 1.807) is 29.0 Å². The van der Waals surface area contributed by atoms with Gasteiger partial charge in [0.25, 0.3) is 5.69 Å². The number of nitro benzene ring substituents is 1. The number of anilines is 1. The van der Waals surface area contributed by atoms with Crippen LogP contribution in [0.2, 0.25) is 0 Å². The third-order valence-corrected chi connectivity index (χ3v) is 3.16. The predicted molar refractivity (Wildman–Crippen MR) is 72.1 cm³/mol. The number of benzene rings is 1. The molecule has 0 spiro atoms. The highest BCUT2D eigenvalue weighted by molar-refractivity contribution is 7.07. The van der Waals surface area contributed by atoms with Crippen LogP contribution in [0.25, 0.3) is 0 Å². The highest BCUT2D eigenvalue weighted by atomic mass is 32.1. The van der Waals surface area contributed by atoms with Gasteiger partial charge in [0.2, 0.25) is 0 Å². The second-order valence-electron chi connectivity index (χ2n) is 3.93. The van der Waals surface area contributed by atoms with Crippen molar-refractivity contribution in [3.63, 3.8) is 0 Å². The van der Waals surface area contributed by atoms with Crippen molar-refractivity contribution < 1.29 is 4.92 Å². The SMILES string of the molecule is Cc1ccc([N+](=O)[O-])c(NCCc2cscn2)c1. The van der Waals surface area contributed by atoms with Crippen LogP contribution in [0.4, 0.5) is 11.4 Å². The lowest BCUT2D eigenvalue weighted by Gasteiger charge is -2.07. The molecule has 1 aromatic carbocycles. The van der Waals surface area contributed by atoms with E-state index in [1.807, 2.05) is 12.3 Å². The highest BCUT2D eigenvalue weighted by Gasteiger charge is 2.12. The van der Waals surface area contributed by atoms with E-state index < -0.39 is 0 Å². The van der Waals surface area contributed by atoms with Crippen molar-refractivity contribution in [3.8, 4) is 0 Å². The fourth-order valence-corrected chi connectivity index (χ4v) is 2.23. The molecular formula is C12H13N3O2S. The number of nitro groups is 1. The molecule has 0 aliphatic rings. The first-order valence-corrected chi connectivity index (χ1v) is 6.47. The molecular weight excluding hydrogens is 250 g/mol. The van der Waals surface area contributed by atoms with Crippen LogP contribution in [0, 0.1) is 17.0 Å². The number of aromatic nitrogens is 1. The van der Waals surface area contributed by atoms with Crippen molar-refractivity contribution >= 4 is 22.7 Å². The van der Waals surface area contributed by atoms with Crippen LogP contribution in [0.5, 0.6) is 0 Å². The summed E-state index contributed by atoms with van der Waals surface area (Å²) in [6, 6.07) is 5.06. The van der Waals surface area contributed by atoms with Crippen LogP contribution in [0.1, 0.15) is 11.3 Å². The predicted octanol–water partition coefficient (Wildman–Crippen LogP) is 3.01. The van der Waals surface area contributed by atoms with Gasteiger partial charge in [0.15, 0.2) is 0 Å². The topological polar surface area (TPSA) is 68.1 Å². The maximum atomic E-state index is 10.9. The maximum Gasteiger partial charge on any atom is 0.292 e. The minimum absolute atomic E-state index is 0.110. The van der Waals surface area contributed by atoms with E-state index in [0.717, 1.165) is 17.7 Å². The first-order chi connectivity index (χ1) is 8.66. The average Bonchev–Trinajstić information content (AvgIpc) is 2.82. The Balaban J connectivity index is 2.03.